The molecule has 0 radical (unpaired) electrons. The molecule has 3 rings (SSSR count). The normalized spacial score (nSPS) is 27.8. The van der Waals surface area contributed by atoms with Crippen molar-refractivity contribution < 1.29 is 9.53 Å². The van der Waals surface area contributed by atoms with Crippen molar-refractivity contribution in [1.82, 2.24) is 0 Å². The third kappa shape index (κ3) is 2.58. The van der Waals surface area contributed by atoms with E-state index >= 15 is 0 Å². The van der Waals surface area contributed by atoms with Crippen molar-refractivity contribution in [3.8, 4) is 0 Å². The van der Waals surface area contributed by atoms with E-state index in [-0.39, 0.29) is 5.97 Å². The Labute approximate surface area is 128 Å². The molecule has 0 spiro atoms. The molecule has 3 nitrogen and oxygen atoms in total. The maximum absolute atomic E-state index is 12.2. The Morgan fingerprint density at radius 1 is 1.40 bits per heavy atom. The van der Waals surface area contributed by atoms with E-state index in [4.69, 9.17) is 10.5 Å². The van der Waals surface area contributed by atoms with Crippen LogP contribution in [0, 0.1) is 24.7 Å². The molecule has 0 amide bonds. The summed E-state index contributed by atoms with van der Waals surface area (Å²) in [4.78, 5) is 12.2. The number of nitrogens with two attached hydrogens (primary N) is 1. The van der Waals surface area contributed by atoms with Crippen molar-refractivity contribution in [2.75, 3.05) is 12.3 Å². The summed E-state index contributed by atoms with van der Waals surface area (Å²) in [7, 11) is 0. The Kier molecular flexibility index (Phi) is 3.76. The van der Waals surface area contributed by atoms with E-state index < -0.39 is 0 Å². The molecule has 0 aliphatic heterocycles. The lowest BCUT2D eigenvalue weighted by atomic mass is 9.89. The number of nitrogen functional groups attached to an aromatic ring is 1. The number of hydrogen-bond donors (Lipinski definition) is 1. The van der Waals surface area contributed by atoms with E-state index in [9.17, 15) is 4.79 Å². The maximum atomic E-state index is 12.2. The SMILES string of the molecule is Cc1c(N)cc(Br)cc1C(=O)OCC1CC2CCC1C2. The quantitative estimate of drug-likeness (QED) is 0.671. The van der Waals surface area contributed by atoms with E-state index in [1.54, 1.807) is 6.07 Å². The van der Waals surface area contributed by atoms with Gasteiger partial charge in [-0.1, -0.05) is 22.4 Å². The summed E-state index contributed by atoms with van der Waals surface area (Å²) in [5, 5.41) is 0. The number of carbonyl (C=O) groups is 1. The zero-order chi connectivity index (χ0) is 14.3. The molecule has 20 heavy (non-hydrogen) atoms. The minimum atomic E-state index is -0.252. The van der Waals surface area contributed by atoms with Gasteiger partial charge < -0.3 is 10.5 Å². The Balaban J connectivity index is 1.65. The predicted molar refractivity (Wildman–Crippen MR) is 82.5 cm³/mol. The summed E-state index contributed by atoms with van der Waals surface area (Å²) in [6, 6.07) is 3.59. The number of rotatable bonds is 3. The second-order valence-electron chi connectivity index (χ2n) is 6.20. The highest BCUT2D eigenvalue weighted by Gasteiger charge is 2.39. The molecule has 0 saturated heterocycles. The largest absolute Gasteiger partial charge is 0.462 e. The van der Waals surface area contributed by atoms with Crippen LogP contribution in [0.15, 0.2) is 16.6 Å². The highest BCUT2D eigenvalue weighted by Crippen LogP contribution is 2.48. The number of ether oxygens (including phenoxy) is 1. The first-order valence-corrected chi connectivity index (χ1v) is 8.06. The zero-order valence-corrected chi connectivity index (χ0v) is 13.3. The molecule has 2 fully saturated rings. The van der Waals surface area contributed by atoms with Crippen molar-refractivity contribution in [3.63, 3.8) is 0 Å². The fourth-order valence-corrected chi connectivity index (χ4v) is 4.23. The first kappa shape index (κ1) is 13.9. The second-order valence-corrected chi connectivity index (χ2v) is 7.12. The maximum Gasteiger partial charge on any atom is 0.338 e. The number of hydrogen-bond acceptors (Lipinski definition) is 3. The average Bonchev–Trinajstić information content (AvgIpc) is 3.02. The topological polar surface area (TPSA) is 52.3 Å². The summed E-state index contributed by atoms with van der Waals surface area (Å²) in [5.74, 6) is 1.98. The van der Waals surface area contributed by atoms with Gasteiger partial charge in [0.1, 0.15) is 0 Å². The third-order valence-electron chi connectivity index (χ3n) is 4.95. The number of halogens is 1. The summed E-state index contributed by atoms with van der Waals surface area (Å²) < 4.78 is 6.35. The van der Waals surface area contributed by atoms with Crippen LogP contribution in [0.25, 0.3) is 0 Å². The molecule has 1 aromatic rings. The van der Waals surface area contributed by atoms with Gasteiger partial charge in [0.2, 0.25) is 0 Å². The van der Waals surface area contributed by atoms with E-state index in [1.807, 2.05) is 13.0 Å². The number of fused-ring (bicyclic) bond motifs is 2. The number of esters is 1. The van der Waals surface area contributed by atoms with Crippen LogP contribution in [0.3, 0.4) is 0 Å². The van der Waals surface area contributed by atoms with E-state index in [1.165, 1.54) is 25.7 Å². The standard InChI is InChI=1S/C16H20BrNO2/c1-9-14(6-13(17)7-15(9)18)16(19)20-8-12-5-10-2-3-11(12)4-10/h6-7,10-12H,2-5,8,18H2,1H3. The Hall–Kier alpha value is -1.03. The molecule has 3 atom stereocenters. The predicted octanol–water partition coefficient (Wildman–Crippen LogP) is 3.93. The first-order chi connectivity index (χ1) is 9.54. The third-order valence-corrected chi connectivity index (χ3v) is 5.40. The highest BCUT2D eigenvalue weighted by molar-refractivity contribution is 9.10. The summed E-state index contributed by atoms with van der Waals surface area (Å²) in [6.07, 6.45) is 5.26. The van der Waals surface area contributed by atoms with Gasteiger partial charge in [-0.2, -0.15) is 0 Å². The van der Waals surface area contributed by atoms with Gasteiger partial charge in [-0.15, -0.1) is 0 Å². The van der Waals surface area contributed by atoms with Gasteiger partial charge in [-0.05, 0) is 61.6 Å². The van der Waals surface area contributed by atoms with Crippen molar-refractivity contribution in [2.24, 2.45) is 17.8 Å². The van der Waals surface area contributed by atoms with Gasteiger partial charge in [0.15, 0.2) is 0 Å². The van der Waals surface area contributed by atoms with Crippen molar-refractivity contribution in [2.45, 2.75) is 32.6 Å². The number of carbonyl (C=O) groups excluding carboxylic acids is 1. The summed E-state index contributed by atoms with van der Waals surface area (Å²) in [6.45, 7) is 2.42. The first-order valence-electron chi connectivity index (χ1n) is 7.27. The molecule has 2 bridgehead atoms. The van der Waals surface area contributed by atoms with Crippen LogP contribution in [0.2, 0.25) is 0 Å². The molecular weight excluding hydrogens is 318 g/mol. The zero-order valence-electron chi connectivity index (χ0n) is 11.7. The molecule has 3 unspecified atom stereocenters. The van der Waals surface area contributed by atoms with Crippen LogP contribution in [-0.2, 0) is 4.74 Å². The number of anilines is 1. The van der Waals surface area contributed by atoms with Crippen molar-refractivity contribution in [1.29, 1.82) is 0 Å². The molecular formula is C16H20BrNO2. The monoisotopic (exact) mass is 337 g/mol. The van der Waals surface area contributed by atoms with Crippen LogP contribution in [0.4, 0.5) is 5.69 Å². The molecule has 2 aliphatic rings. The van der Waals surface area contributed by atoms with Crippen molar-refractivity contribution in [3.05, 3.63) is 27.7 Å². The van der Waals surface area contributed by atoms with E-state index in [0.717, 1.165) is 21.9 Å². The smallest absolute Gasteiger partial charge is 0.338 e. The van der Waals surface area contributed by atoms with Crippen molar-refractivity contribution >= 4 is 27.6 Å². The molecule has 2 saturated carbocycles. The molecule has 2 N–H and O–H groups in total. The second kappa shape index (κ2) is 5.40. The van der Waals surface area contributed by atoms with E-state index in [2.05, 4.69) is 15.9 Å². The van der Waals surface area contributed by atoms with Gasteiger partial charge in [0.05, 0.1) is 12.2 Å². The summed E-state index contributed by atoms with van der Waals surface area (Å²) >= 11 is 3.37. The van der Waals surface area contributed by atoms with Gasteiger partial charge >= 0.3 is 5.97 Å². The van der Waals surface area contributed by atoms with Gasteiger partial charge in [-0.25, -0.2) is 4.79 Å². The lowest BCUT2D eigenvalue weighted by Crippen LogP contribution is -2.20. The lowest BCUT2D eigenvalue weighted by molar-refractivity contribution is 0.0393. The van der Waals surface area contributed by atoms with Crippen LogP contribution >= 0.6 is 15.9 Å². The fraction of sp³-hybridized carbons (Fsp3) is 0.562. The van der Waals surface area contributed by atoms with Crippen LogP contribution in [-0.4, -0.2) is 12.6 Å². The summed E-state index contributed by atoms with van der Waals surface area (Å²) in [5.41, 5.74) is 7.87. The minimum absolute atomic E-state index is 0.252. The fourth-order valence-electron chi connectivity index (χ4n) is 3.75. The van der Waals surface area contributed by atoms with E-state index in [0.29, 0.717) is 23.8 Å². The number of benzene rings is 1. The Morgan fingerprint density at radius 3 is 2.85 bits per heavy atom. The van der Waals surface area contributed by atoms with Gasteiger partial charge in [-0.3, -0.25) is 0 Å². The van der Waals surface area contributed by atoms with Crippen LogP contribution in [0.1, 0.15) is 41.6 Å². The molecule has 1 aromatic carbocycles. The Bertz CT molecular complexity index is 544. The molecule has 2 aliphatic carbocycles. The van der Waals surface area contributed by atoms with Gasteiger partial charge in [0.25, 0.3) is 0 Å². The Morgan fingerprint density at radius 2 is 2.20 bits per heavy atom. The van der Waals surface area contributed by atoms with Gasteiger partial charge in [0, 0.05) is 10.2 Å². The molecule has 0 heterocycles. The minimum Gasteiger partial charge on any atom is -0.462 e. The highest BCUT2D eigenvalue weighted by atomic mass is 79.9. The average molecular weight is 338 g/mol. The lowest BCUT2D eigenvalue weighted by Gasteiger charge is -2.21. The molecule has 108 valence electrons. The van der Waals surface area contributed by atoms with Crippen LogP contribution in [0.5, 0.6) is 0 Å². The molecule has 0 aromatic heterocycles. The van der Waals surface area contributed by atoms with Crippen LogP contribution < -0.4 is 5.73 Å². The molecule has 4 heteroatoms.